The average Bonchev–Trinajstić information content (AvgIpc) is 2.85. The van der Waals surface area contributed by atoms with Crippen molar-refractivity contribution in [1.82, 2.24) is 10.3 Å². The summed E-state index contributed by atoms with van der Waals surface area (Å²) in [5.41, 5.74) is -0.489. The Labute approximate surface area is 118 Å². The highest BCUT2D eigenvalue weighted by Gasteiger charge is 2.13. The second kappa shape index (κ2) is 5.57. The fourth-order valence-electron chi connectivity index (χ4n) is 1.47. The van der Waals surface area contributed by atoms with Crippen LogP contribution in [0.2, 0.25) is 0 Å². The first-order valence-electron chi connectivity index (χ1n) is 5.45. The second-order valence-corrected chi connectivity index (χ2v) is 6.82. The van der Waals surface area contributed by atoms with Crippen LogP contribution in [0.5, 0.6) is 0 Å². The molecule has 0 aliphatic carbocycles. The van der Waals surface area contributed by atoms with Crippen LogP contribution in [0, 0.1) is 0 Å². The molecule has 0 unspecified atom stereocenters. The zero-order valence-corrected chi connectivity index (χ0v) is 11.8. The van der Waals surface area contributed by atoms with Crippen molar-refractivity contribution in [1.29, 1.82) is 0 Å². The standard InChI is InChI=1S/C11H11N3O4S2/c12-20(17,18)9-4-3-7(19-9)6-14-11(16)8-2-1-5-13-10(8)15/h1-5H,6H2,(H,13,15)(H,14,16)(H2,12,17,18). The third-order valence-corrected chi connectivity index (χ3v) is 4.93. The van der Waals surface area contributed by atoms with Crippen molar-refractivity contribution in [3.63, 3.8) is 0 Å². The smallest absolute Gasteiger partial charge is 0.260 e. The van der Waals surface area contributed by atoms with Crippen LogP contribution in [0.3, 0.4) is 0 Å². The third kappa shape index (κ3) is 3.32. The van der Waals surface area contributed by atoms with Gasteiger partial charge in [-0.1, -0.05) is 0 Å². The summed E-state index contributed by atoms with van der Waals surface area (Å²) in [6.07, 6.45) is 1.43. The Kier molecular flexibility index (Phi) is 4.02. The molecule has 0 atom stereocenters. The van der Waals surface area contributed by atoms with Gasteiger partial charge in [-0.3, -0.25) is 9.59 Å². The molecule has 2 rings (SSSR count). The molecule has 0 fully saturated rings. The van der Waals surface area contributed by atoms with Gasteiger partial charge in [0.25, 0.3) is 11.5 Å². The molecular formula is C11H11N3O4S2. The number of sulfonamides is 1. The van der Waals surface area contributed by atoms with E-state index in [-0.39, 0.29) is 16.3 Å². The molecule has 7 nitrogen and oxygen atoms in total. The summed E-state index contributed by atoms with van der Waals surface area (Å²) in [5.74, 6) is -0.530. The van der Waals surface area contributed by atoms with Gasteiger partial charge in [0.1, 0.15) is 9.77 Å². The number of carbonyl (C=O) groups excluding carboxylic acids is 1. The van der Waals surface area contributed by atoms with Gasteiger partial charge in [0.05, 0.1) is 6.54 Å². The number of hydrogen-bond donors (Lipinski definition) is 3. The quantitative estimate of drug-likeness (QED) is 0.736. The van der Waals surface area contributed by atoms with Crippen LogP contribution in [-0.4, -0.2) is 19.3 Å². The third-order valence-electron chi connectivity index (χ3n) is 2.40. The van der Waals surface area contributed by atoms with Crippen molar-refractivity contribution in [3.05, 3.63) is 51.3 Å². The first-order chi connectivity index (χ1) is 9.38. The monoisotopic (exact) mass is 313 g/mol. The first-order valence-corrected chi connectivity index (χ1v) is 7.81. The Bertz CT molecular complexity index is 792. The molecule has 0 aromatic carbocycles. The van der Waals surface area contributed by atoms with Gasteiger partial charge in [0.2, 0.25) is 10.0 Å². The highest BCUT2D eigenvalue weighted by atomic mass is 32.2. The fourth-order valence-corrected chi connectivity index (χ4v) is 3.19. The minimum absolute atomic E-state index is 0.00396. The number of primary sulfonamides is 1. The van der Waals surface area contributed by atoms with Crippen molar-refractivity contribution in [2.45, 2.75) is 10.8 Å². The summed E-state index contributed by atoms with van der Waals surface area (Å²) < 4.78 is 22.2. The molecule has 0 radical (unpaired) electrons. The van der Waals surface area contributed by atoms with Gasteiger partial charge in [0, 0.05) is 11.1 Å². The summed E-state index contributed by atoms with van der Waals surface area (Å²) in [6.45, 7) is 0.118. The molecule has 0 aliphatic heterocycles. The maximum Gasteiger partial charge on any atom is 0.260 e. The van der Waals surface area contributed by atoms with Gasteiger partial charge < -0.3 is 10.3 Å². The molecule has 1 amide bonds. The number of pyridine rings is 1. The predicted octanol–water partition coefficient (Wildman–Crippen LogP) is 0.0138. The Morgan fingerprint density at radius 3 is 2.70 bits per heavy atom. The summed E-state index contributed by atoms with van der Waals surface area (Å²) in [6, 6.07) is 5.87. The van der Waals surface area contributed by atoms with Gasteiger partial charge in [-0.05, 0) is 24.3 Å². The van der Waals surface area contributed by atoms with E-state index < -0.39 is 21.5 Å². The van der Waals surface area contributed by atoms with E-state index in [0.29, 0.717) is 4.88 Å². The van der Waals surface area contributed by atoms with Crippen LogP contribution in [0.4, 0.5) is 0 Å². The SMILES string of the molecule is NS(=O)(=O)c1ccc(CNC(=O)c2ccc[nH]c2=O)s1. The number of nitrogens with one attached hydrogen (secondary N) is 2. The first kappa shape index (κ1) is 14.4. The Balaban J connectivity index is 2.06. The van der Waals surface area contributed by atoms with Crippen LogP contribution in [0.1, 0.15) is 15.2 Å². The van der Waals surface area contributed by atoms with E-state index in [2.05, 4.69) is 10.3 Å². The molecule has 106 valence electrons. The molecular weight excluding hydrogens is 302 g/mol. The van der Waals surface area contributed by atoms with Crippen LogP contribution in [0.15, 0.2) is 39.5 Å². The summed E-state index contributed by atoms with van der Waals surface area (Å²) in [7, 11) is -3.73. The highest BCUT2D eigenvalue weighted by molar-refractivity contribution is 7.91. The van der Waals surface area contributed by atoms with E-state index in [0.717, 1.165) is 11.3 Å². The number of nitrogens with two attached hydrogens (primary N) is 1. The molecule has 0 spiro atoms. The number of thiophene rings is 1. The van der Waals surface area contributed by atoms with Gasteiger partial charge in [-0.15, -0.1) is 11.3 Å². The minimum Gasteiger partial charge on any atom is -0.347 e. The summed E-state index contributed by atoms with van der Waals surface area (Å²) >= 11 is 0.968. The zero-order chi connectivity index (χ0) is 14.8. The molecule has 0 bridgehead atoms. The zero-order valence-electron chi connectivity index (χ0n) is 10.1. The number of rotatable bonds is 4. The van der Waals surface area contributed by atoms with Crippen molar-refractivity contribution in [2.75, 3.05) is 0 Å². The normalized spacial score (nSPS) is 11.2. The number of amides is 1. The van der Waals surface area contributed by atoms with Crippen LogP contribution in [0.25, 0.3) is 0 Å². The molecule has 2 aromatic rings. The second-order valence-electron chi connectivity index (χ2n) is 3.86. The number of aromatic nitrogens is 1. The maximum atomic E-state index is 11.8. The van der Waals surface area contributed by atoms with E-state index in [1.54, 1.807) is 12.1 Å². The van der Waals surface area contributed by atoms with E-state index in [1.165, 1.54) is 18.3 Å². The van der Waals surface area contributed by atoms with Crippen LogP contribution < -0.4 is 16.0 Å². The highest BCUT2D eigenvalue weighted by Crippen LogP contribution is 2.19. The largest absolute Gasteiger partial charge is 0.347 e. The van der Waals surface area contributed by atoms with Gasteiger partial charge in [0.15, 0.2) is 0 Å². The predicted molar refractivity (Wildman–Crippen MR) is 73.9 cm³/mol. The fraction of sp³-hybridized carbons (Fsp3) is 0.0909. The van der Waals surface area contributed by atoms with Crippen LogP contribution >= 0.6 is 11.3 Å². The number of carbonyl (C=O) groups is 1. The molecule has 2 aromatic heterocycles. The lowest BCUT2D eigenvalue weighted by Crippen LogP contribution is -2.28. The molecule has 9 heteroatoms. The lowest BCUT2D eigenvalue weighted by Gasteiger charge is -2.02. The van der Waals surface area contributed by atoms with Gasteiger partial charge in [-0.2, -0.15) is 0 Å². The van der Waals surface area contributed by atoms with Gasteiger partial charge >= 0.3 is 0 Å². The lowest BCUT2D eigenvalue weighted by molar-refractivity contribution is 0.0950. The van der Waals surface area contributed by atoms with E-state index in [1.807, 2.05) is 0 Å². The minimum atomic E-state index is -3.73. The molecule has 0 saturated carbocycles. The summed E-state index contributed by atoms with van der Waals surface area (Å²) in [4.78, 5) is 26.2. The van der Waals surface area contributed by atoms with E-state index >= 15 is 0 Å². The van der Waals surface area contributed by atoms with Crippen molar-refractivity contribution >= 4 is 27.3 Å². The van der Waals surface area contributed by atoms with E-state index in [9.17, 15) is 18.0 Å². The van der Waals surface area contributed by atoms with Crippen molar-refractivity contribution in [3.8, 4) is 0 Å². The lowest BCUT2D eigenvalue weighted by atomic mass is 10.2. The Morgan fingerprint density at radius 1 is 1.35 bits per heavy atom. The van der Waals surface area contributed by atoms with E-state index in [4.69, 9.17) is 5.14 Å². The Hall–Kier alpha value is -1.97. The molecule has 20 heavy (non-hydrogen) atoms. The van der Waals surface area contributed by atoms with Crippen molar-refractivity contribution < 1.29 is 13.2 Å². The number of H-pyrrole nitrogens is 1. The average molecular weight is 313 g/mol. The Morgan fingerprint density at radius 2 is 2.10 bits per heavy atom. The van der Waals surface area contributed by atoms with Gasteiger partial charge in [-0.25, -0.2) is 13.6 Å². The molecule has 0 aliphatic rings. The number of aromatic amines is 1. The molecule has 4 N–H and O–H groups in total. The summed E-state index contributed by atoms with van der Waals surface area (Å²) in [5, 5.41) is 7.52. The number of hydrogen-bond acceptors (Lipinski definition) is 5. The van der Waals surface area contributed by atoms with Crippen molar-refractivity contribution in [2.24, 2.45) is 5.14 Å². The molecule has 0 saturated heterocycles. The molecule has 2 heterocycles. The maximum absolute atomic E-state index is 11.8. The topological polar surface area (TPSA) is 122 Å². The van der Waals surface area contributed by atoms with Crippen LogP contribution in [-0.2, 0) is 16.6 Å².